The Morgan fingerprint density at radius 2 is 2.15 bits per heavy atom. The fraction of sp³-hybridized carbons (Fsp3) is 0.318. The van der Waals surface area contributed by atoms with E-state index in [1.165, 1.54) is 12.1 Å². The standard InChI is InChI=1S/C22H22F3N5O3/c1-2-13-4-3-5-15-11-27-21(30-19(13)15)28-16-7-6-14(10-17(16)33-22(23,24)25)20(31)29-18-12-32-9-8-26-18/h3-7,10-11,18,26H,2,8-9,12H2,1H3,(H,29,31)(H,27,28,30). The summed E-state index contributed by atoms with van der Waals surface area (Å²) in [5.41, 5.74) is 1.65. The molecule has 2 heterocycles. The molecule has 174 valence electrons. The van der Waals surface area contributed by atoms with E-state index >= 15 is 0 Å². The Kier molecular flexibility index (Phi) is 6.61. The van der Waals surface area contributed by atoms with Crippen molar-refractivity contribution in [2.45, 2.75) is 25.9 Å². The van der Waals surface area contributed by atoms with Gasteiger partial charge in [0.1, 0.15) is 6.17 Å². The average Bonchev–Trinajstić information content (AvgIpc) is 2.79. The van der Waals surface area contributed by atoms with Crippen LogP contribution in [0.1, 0.15) is 22.8 Å². The average molecular weight is 461 g/mol. The Morgan fingerprint density at radius 3 is 2.88 bits per heavy atom. The molecule has 3 aromatic rings. The van der Waals surface area contributed by atoms with Gasteiger partial charge in [-0.1, -0.05) is 25.1 Å². The van der Waals surface area contributed by atoms with Gasteiger partial charge >= 0.3 is 6.36 Å². The number of nitrogens with one attached hydrogen (secondary N) is 3. The first-order chi connectivity index (χ1) is 15.8. The van der Waals surface area contributed by atoms with Crippen molar-refractivity contribution < 1.29 is 27.4 Å². The van der Waals surface area contributed by atoms with E-state index < -0.39 is 24.2 Å². The summed E-state index contributed by atoms with van der Waals surface area (Å²) in [5, 5.41) is 9.31. The van der Waals surface area contributed by atoms with Crippen LogP contribution >= 0.6 is 0 Å². The highest BCUT2D eigenvalue weighted by molar-refractivity contribution is 5.95. The fourth-order valence-electron chi connectivity index (χ4n) is 3.46. The van der Waals surface area contributed by atoms with Gasteiger partial charge in [-0.05, 0) is 30.2 Å². The summed E-state index contributed by atoms with van der Waals surface area (Å²) < 4.78 is 48.6. The number of hydrogen-bond donors (Lipinski definition) is 3. The van der Waals surface area contributed by atoms with Crippen molar-refractivity contribution >= 4 is 28.4 Å². The van der Waals surface area contributed by atoms with Gasteiger partial charge < -0.3 is 20.1 Å². The van der Waals surface area contributed by atoms with Crippen LogP contribution < -0.4 is 20.7 Å². The molecule has 0 spiro atoms. The van der Waals surface area contributed by atoms with Gasteiger partial charge in [-0.25, -0.2) is 9.97 Å². The van der Waals surface area contributed by atoms with E-state index in [1.54, 1.807) is 6.20 Å². The van der Waals surface area contributed by atoms with Gasteiger partial charge in [0.15, 0.2) is 5.75 Å². The van der Waals surface area contributed by atoms with E-state index in [-0.39, 0.29) is 23.8 Å². The van der Waals surface area contributed by atoms with Crippen LogP contribution in [0.4, 0.5) is 24.8 Å². The van der Waals surface area contributed by atoms with Crippen molar-refractivity contribution in [3.05, 3.63) is 53.7 Å². The monoisotopic (exact) mass is 461 g/mol. The Balaban J connectivity index is 1.61. The van der Waals surface area contributed by atoms with Crippen LogP contribution in [0, 0.1) is 0 Å². The summed E-state index contributed by atoms with van der Waals surface area (Å²) in [6.07, 6.45) is -3.06. The number of amides is 1. The molecule has 11 heteroatoms. The molecule has 0 saturated carbocycles. The smallest absolute Gasteiger partial charge is 0.404 e. The molecule has 1 atom stereocenters. The van der Waals surface area contributed by atoms with Crippen LogP contribution in [0.5, 0.6) is 5.75 Å². The van der Waals surface area contributed by atoms with Gasteiger partial charge in [-0.15, -0.1) is 13.2 Å². The Labute approximate surface area is 187 Å². The summed E-state index contributed by atoms with van der Waals surface area (Å²) >= 11 is 0. The second kappa shape index (κ2) is 9.59. The third-order valence-electron chi connectivity index (χ3n) is 5.02. The molecule has 1 amide bonds. The highest BCUT2D eigenvalue weighted by Gasteiger charge is 2.33. The predicted octanol–water partition coefficient (Wildman–Crippen LogP) is 3.51. The molecule has 2 aromatic carbocycles. The predicted molar refractivity (Wildman–Crippen MR) is 115 cm³/mol. The Morgan fingerprint density at radius 1 is 1.30 bits per heavy atom. The van der Waals surface area contributed by atoms with Gasteiger partial charge in [0.05, 0.1) is 24.4 Å². The van der Waals surface area contributed by atoms with E-state index in [2.05, 4.69) is 30.7 Å². The van der Waals surface area contributed by atoms with Crippen LogP contribution in [0.15, 0.2) is 42.6 Å². The second-order valence-electron chi connectivity index (χ2n) is 7.34. The summed E-state index contributed by atoms with van der Waals surface area (Å²) in [7, 11) is 0. The van der Waals surface area contributed by atoms with Crippen LogP contribution in [0.25, 0.3) is 10.9 Å². The molecule has 0 aliphatic carbocycles. The highest BCUT2D eigenvalue weighted by Crippen LogP contribution is 2.33. The first-order valence-corrected chi connectivity index (χ1v) is 10.4. The normalized spacial score (nSPS) is 16.4. The largest absolute Gasteiger partial charge is 0.573 e. The van der Waals surface area contributed by atoms with Gasteiger partial charge in [-0.3, -0.25) is 10.1 Å². The van der Waals surface area contributed by atoms with Crippen LogP contribution in [-0.2, 0) is 11.2 Å². The molecule has 1 aromatic heterocycles. The van der Waals surface area contributed by atoms with Crippen LogP contribution in [-0.4, -0.2) is 48.2 Å². The molecule has 8 nitrogen and oxygen atoms in total. The number of aryl methyl sites for hydroxylation is 1. The lowest BCUT2D eigenvalue weighted by Crippen LogP contribution is -2.52. The van der Waals surface area contributed by atoms with Gasteiger partial charge in [0.2, 0.25) is 5.95 Å². The number of anilines is 2. The lowest BCUT2D eigenvalue weighted by atomic mass is 10.1. The van der Waals surface area contributed by atoms with Crippen molar-refractivity contribution in [3.63, 3.8) is 0 Å². The molecule has 1 aliphatic heterocycles. The maximum absolute atomic E-state index is 13.1. The van der Waals surface area contributed by atoms with Crippen LogP contribution in [0.3, 0.4) is 0 Å². The molecular weight excluding hydrogens is 439 g/mol. The van der Waals surface area contributed by atoms with Gasteiger partial charge in [0, 0.05) is 23.7 Å². The third-order valence-corrected chi connectivity index (χ3v) is 5.02. The van der Waals surface area contributed by atoms with Gasteiger partial charge in [-0.2, -0.15) is 0 Å². The lowest BCUT2D eigenvalue weighted by Gasteiger charge is -2.24. The number of halogens is 3. The summed E-state index contributed by atoms with van der Waals surface area (Å²) in [5.74, 6) is -1.03. The van der Waals surface area contributed by atoms with Crippen molar-refractivity contribution in [1.29, 1.82) is 0 Å². The zero-order valence-corrected chi connectivity index (χ0v) is 17.7. The fourth-order valence-corrected chi connectivity index (χ4v) is 3.46. The molecule has 1 unspecified atom stereocenters. The zero-order valence-electron chi connectivity index (χ0n) is 17.7. The number of carbonyl (C=O) groups is 1. The number of nitrogens with zero attached hydrogens (tertiary/aromatic N) is 2. The number of alkyl halides is 3. The number of rotatable bonds is 6. The van der Waals surface area contributed by atoms with Gasteiger partial charge in [0.25, 0.3) is 5.91 Å². The number of morpholine rings is 1. The first-order valence-electron chi connectivity index (χ1n) is 10.4. The molecule has 4 rings (SSSR count). The summed E-state index contributed by atoms with van der Waals surface area (Å²) in [4.78, 5) is 21.2. The molecular formula is C22H22F3N5O3. The number of hydrogen-bond acceptors (Lipinski definition) is 7. The number of benzene rings is 2. The maximum Gasteiger partial charge on any atom is 0.573 e. The number of ether oxygens (including phenoxy) is 2. The minimum atomic E-state index is -4.95. The summed E-state index contributed by atoms with van der Waals surface area (Å²) in [6, 6.07) is 9.41. The lowest BCUT2D eigenvalue weighted by molar-refractivity contribution is -0.274. The van der Waals surface area contributed by atoms with Crippen molar-refractivity contribution in [3.8, 4) is 5.75 Å². The molecule has 33 heavy (non-hydrogen) atoms. The molecule has 1 aliphatic rings. The van der Waals surface area contributed by atoms with E-state index in [1.807, 2.05) is 25.1 Å². The zero-order chi connectivity index (χ0) is 23.4. The number of aromatic nitrogens is 2. The number of carbonyl (C=O) groups excluding carboxylic acids is 1. The van der Waals surface area contributed by atoms with Crippen LogP contribution in [0.2, 0.25) is 0 Å². The summed E-state index contributed by atoms with van der Waals surface area (Å²) in [6.45, 7) is 3.32. The minimum Gasteiger partial charge on any atom is -0.404 e. The molecule has 1 saturated heterocycles. The quantitative estimate of drug-likeness (QED) is 0.517. The van der Waals surface area contributed by atoms with E-state index in [0.717, 1.165) is 23.4 Å². The third kappa shape index (κ3) is 5.68. The molecule has 0 bridgehead atoms. The number of fused-ring (bicyclic) bond motifs is 1. The van der Waals surface area contributed by atoms with Crippen molar-refractivity contribution in [2.75, 3.05) is 25.1 Å². The molecule has 1 fully saturated rings. The first kappa shape index (κ1) is 22.7. The van der Waals surface area contributed by atoms with E-state index in [0.29, 0.717) is 18.7 Å². The SMILES string of the molecule is CCc1cccc2cnc(Nc3ccc(C(=O)NC4COCCN4)cc3OC(F)(F)F)nc12. The minimum absolute atomic E-state index is 0.000118. The topological polar surface area (TPSA) is 97.4 Å². The van der Waals surface area contributed by atoms with Crippen molar-refractivity contribution in [2.24, 2.45) is 0 Å². The maximum atomic E-state index is 13.1. The Hall–Kier alpha value is -3.44. The number of para-hydroxylation sites is 1. The second-order valence-corrected chi connectivity index (χ2v) is 7.34. The molecule has 0 radical (unpaired) electrons. The van der Waals surface area contributed by atoms with E-state index in [4.69, 9.17) is 4.74 Å². The van der Waals surface area contributed by atoms with E-state index in [9.17, 15) is 18.0 Å². The highest BCUT2D eigenvalue weighted by atomic mass is 19.4. The van der Waals surface area contributed by atoms with Crippen molar-refractivity contribution in [1.82, 2.24) is 20.6 Å². The Bertz CT molecular complexity index is 1150. The molecule has 3 N–H and O–H groups in total.